The summed E-state index contributed by atoms with van der Waals surface area (Å²) in [5.41, 5.74) is 1.33. The van der Waals surface area contributed by atoms with Crippen molar-refractivity contribution in [3.8, 4) is 5.75 Å². The molecule has 4 rings (SSSR count). The number of hydrogen-bond donors (Lipinski definition) is 0. The number of hydrogen-bond acceptors (Lipinski definition) is 4. The lowest BCUT2D eigenvalue weighted by atomic mass is 9.77. The molecule has 164 valence electrons. The Morgan fingerprint density at radius 3 is 2.45 bits per heavy atom. The van der Waals surface area contributed by atoms with Crippen LogP contribution in [0.5, 0.6) is 5.75 Å². The van der Waals surface area contributed by atoms with Crippen molar-refractivity contribution in [3.63, 3.8) is 0 Å². The molecule has 0 aliphatic heterocycles. The maximum atomic E-state index is 6.32. The average Bonchev–Trinajstić information content (AvgIpc) is 3.27. The fraction of sp³-hybridized carbons (Fsp3) is 0.444. The summed E-state index contributed by atoms with van der Waals surface area (Å²) in [4.78, 5) is 7.01. The van der Waals surface area contributed by atoms with Crippen LogP contribution in [0, 0.1) is 5.92 Å². The summed E-state index contributed by atoms with van der Waals surface area (Å²) in [5, 5.41) is 0. The predicted octanol–water partition coefficient (Wildman–Crippen LogP) is 6.29. The topological polar surface area (TPSA) is 38.5 Å². The Morgan fingerprint density at radius 2 is 1.71 bits per heavy atom. The molecule has 0 unspecified atom stereocenters. The Bertz CT molecular complexity index is 888. The van der Waals surface area contributed by atoms with Crippen molar-refractivity contribution in [1.82, 2.24) is 9.88 Å². The van der Waals surface area contributed by atoms with Gasteiger partial charge in [0, 0.05) is 6.54 Å². The molecule has 1 aliphatic carbocycles. The average molecular weight is 419 g/mol. The minimum absolute atomic E-state index is 0.264. The van der Waals surface area contributed by atoms with E-state index < -0.39 is 0 Å². The Kier molecular flexibility index (Phi) is 7.78. The van der Waals surface area contributed by atoms with Gasteiger partial charge in [0.15, 0.2) is 0 Å². The molecule has 31 heavy (non-hydrogen) atoms. The summed E-state index contributed by atoms with van der Waals surface area (Å²) in [7, 11) is 2.13. The molecule has 1 fully saturated rings. The zero-order valence-corrected chi connectivity index (χ0v) is 18.6. The van der Waals surface area contributed by atoms with E-state index in [4.69, 9.17) is 14.1 Å². The lowest BCUT2D eigenvalue weighted by Gasteiger charge is -2.28. The first-order valence-corrected chi connectivity index (χ1v) is 11.7. The van der Waals surface area contributed by atoms with Crippen molar-refractivity contribution in [2.75, 3.05) is 20.2 Å². The highest BCUT2D eigenvalue weighted by Gasteiger charge is 2.30. The molecular weight excluding hydrogens is 384 g/mol. The molecule has 2 aromatic carbocycles. The molecule has 4 nitrogen and oxygen atoms in total. The third kappa shape index (κ3) is 6.20. The molecule has 1 heterocycles. The van der Waals surface area contributed by atoms with Gasteiger partial charge in [-0.1, -0.05) is 67.8 Å². The number of nitrogens with zero attached hydrogens (tertiary/aromatic N) is 2. The van der Waals surface area contributed by atoms with Crippen LogP contribution in [0.1, 0.15) is 61.7 Å². The van der Waals surface area contributed by atoms with Crippen molar-refractivity contribution in [3.05, 3.63) is 84.1 Å². The van der Waals surface area contributed by atoms with Gasteiger partial charge in [-0.25, -0.2) is 4.98 Å². The summed E-state index contributed by atoms with van der Waals surface area (Å²) in [6.07, 6.45) is 9.40. The number of para-hydroxylation sites is 1. The van der Waals surface area contributed by atoms with E-state index in [0.717, 1.165) is 36.9 Å². The van der Waals surface area contributed by atoms with Crippen molar-refractivity contribution < 1.29 is 9.15 Å². The third-order valence-electron chi connectivity index (χ3n) is 6.24. The summed E-state index contributed by atoms with van der Waals surface area (Å²) in [6.45, 7) is 2.44. The van der Waals surface area contributed by atoms with Gasteiger partial charge in [-0.3, -0.25) is 4.90 Å². The summed E-state index contributed by atoms with van der Waals surface area (Å²) in [5.74, 6) is 3.64. The molecule has 0 N–H and O–H groups in total. The molecule has 0 bridgehead atoms. The summed E-state index contributed by atoms with van der Waals surface area (Å²) >= 11 is 0. The highest BCUT2D eigenvalue weighted by molar-refractivity contribution is 5.26. The molecular formula is C27H34N2O2. The van der Waals surface area contributed by atoms with Crippen molar-refractivity contribution >= 4 is 0 Å². The largest absolute Gasteiger partial charge is 0.494 e. The molecule has 1 aliphatic rings. The number of ether oxygens (including phenoxy) is 1. The first-order valence-electron chi connectivity index (χ1n) is 11.7. The van der Waals surface area contributed by atoms with E-state index in [-0.39, 0.29) is 5.92 Å². The molecule has 0 spiro atoms. The van der Waals surface area contributed by atoms with Gasteiger partial charge >= 0.3 is 0 Å². The van der Waals surface area contributed by atoms with Crippen LogP contribution in [-0.2, 0) is 6.54 Å². The summed E-state index contributed by atoms with van der Waals surface area (Å²) < 4.78 is 12.1. The van der Waals surface area contributed by atoms with E-state index in [2.05, 4.69) is 42.3 Å². The first kappa shape index (κ1) is 21.6. The van der Waals surface area contributed by atoms with Crippen LogP contribution in [0.3, 0.4) is 0 Å². The molecule has 4 heteroatoms. The SMILES string of the molecule is CN(CCCOc1ccccc1)Cc1cnc([C@H](c2ccccc2)C2CCCCC2)o1. The van der Waals surface area contributed by atoms with Crippen LogP contribution in [-0.4, -0.2) is 30.1 Å². The van der Waals surface area contributed by atoms with Gasteiger partial charge in [-0.15, -0.1) is 0 Å². The normalized spacial score (nSPS) is 15.8. The van der Waals surface area contributed by atoms with E-state index in [1.165, 1.54) is 37.7 Å². The first-order chi connectivity index (χ1) is 15.3. The molecule has 0 radical (unpaired) electrons. The van der Waals surface area contributed by atoms with Crippen molar-refractivity contribution in [2.24, 2.45) is 5.92 Å². The fourth-order valence-corrected chi connectivity index (χ4v) is 4.67. The van der Waals surface area contributed by atoms with Crippen LogP contribution in [0.2, 0.25) is 0 Å². The second-order valence-electron chi connectivity index (χ2n) is 8.70. The minimum Gasteiger partial charge on any atom is -0.494 e. The number of benzene rings is 2. The minimum atomic E-state index is 0.264. The highest BCUT2D eigenvalue weighted by atomic mass is 16.5. The van der Waals surface area contributed by atoms with Gasteiger partial charge in [0.05, 0.1) is 25.3 Å². The Hall–Kier alpha value is -2.59. The lowest BCUT2D eigenvalue weighted by Crippen LogP contribution is -2.20. The van der Waals surface area contributed by atoms with E-state index >= 15 is 0 Å². The van der Waals surface area contributed by atoms with Crippen molar-refractivity contribution in [1.29, 1.82) is 0 Å². The Morgan fingerprint density at radius 1 is 1.00 bits per heavy atom. The second-order valence-corrected chi connectivity index (χ2v) is 8.70. The van der Waals surface area contributed by atoms with Crippen LogP contribution < -0.4 is 4.74 Å². The molecule has 0 amide bonds. The van der Waals surface area contributed by atoms with E-state index in [9.17, 15) is 0 Å². The molecule has 3 aromatic rings. The Balaban J connectivity index is 1.33. The van der Waals surface area contributed by atoms with Gasteiger partial charge in [0.25, 0.3) is 0 Å². The van der Waals surface area contributed by atoms with Crippen LogP contribution in [0.25, 0.3) is 0 Å². The number of rotatable bonds is 10. The maximum absolute atomic E-state index is 6.32. The number of aromatic nitrogens is 1. The van der Waals surface area contributed by atoms with Crippen LogP contribution in [0.15, 0.2) is 71.3 Å². The van der Waals surface area contributed by atoms with Gasteiger partial charge in [0.2, 0.25) is 5.89 Å². The van der Waals surface area contributed by atoms with Gasteiger partial charge in [-0.2, -0.15) is 0 Å². The van der Waals surface area contributed by atoms with Crippen molar-refractivity contribution in [2.45, 2.75) is 51.0 Å². The predicted molar refractivity (Wildman–Crippen MR) is 124 cm³/mol. The lowest BCUT2D eigenvalue weighted by molar-refractivity contribution is 0.240. The summed E-state index contributed by atoms with van der Waals surface area (Å²) in [6, 6.07) is 20.8. The van der Waals surface area contributed by atoms with E-state index in [0.29, 0.717) is 12.5 Å². The smallest absolute Gasteiger partial charge is 0.202 e. The molecule has 1 aromatic heterocycles. The van der Waals surface area contributed by atoms with E-state index in [1.54, 1.807) is 0 Å². The zero-order valence-electron chi connectivity index (χ0n) is 18.6. The fourth-order valence-electron chi connectivity index (χ4n) is 4.67. The van der Waals surface area contributed by atoms with Gasteiger partial charge in [0.1, 0.15) is 11.5 Å². The van der Waals surface area contributed by atoms with Crippen LogP contribution >= 0.6 is 0 Å². The maximum Gasteiger partial charge on any atom is 0.202 e. The highest BCUT2D eigenvalue weighted by Crippen LogP contribution is 2.40. The second kappa shape index (κ2) is 11.1. The monoisotopic (exact) mass is 418 g/mol. The van der Waals surface area contributed by atoms with E-state index in [1.807, 2.05) is 36.5 Å². The quantitative estimate of drug-likeness (QED) is 0.363. The van der Waals surface area contributed by atoms with Gasteiger partial charge in [-0.05, 0) is 49.9 Å². The molecule has 1 saturated carbocycles. The zero-order chi connectivity index (χ0) is 21.3. The van der Waals surface area contributed by atoms with Gasteiger partial charge < -0.3 is 9.15 Å². The third-order valence-corrected chi connectivity index (χ3v) is 6.24. The standard InChI is InChI=1S/C27H34N2O2/c1-29(18-11-19-30-24-16-9-4-10-17-24)21-25-20-28-27(31-25)26(22-12-5-2-6-13-22)23-14-7-3-8-15-23/h2,4-6,9-10,12-13,16-17,20,23,26H,3,7-8,11,14-15,18-19,21H2,1H3/t26-/m1/s1. The Labute approximate surface area is 186 Å². The number of oxazole rings is 1. The van der Waals surface area contributed by atoms with Crippen LogP contribution in [0.4, 0.5) is 0 Å². The molecule has 1 atom stereocenters. The molecule has 0 saturated heterocycles.